The molecular weight excluding hydrogens is 371 g/mol. The van der Waals surface area contributed by atoms with Crippen LogP contribution in [0.1, 0.15) is 5.69 Å². The third-order valence-corrected chi connectivity index (χ3v) is 3.35. The van der Waals surface area contributed by atoms with E-state index in [1.807, 2.05) is 18.2 Å². The third kappa shape index (κ3) is 2.40. The molecule has 2 N–H and O–H groups in total. The molecule has 0 atom stereocenters. The molecule has 0 aliphatic carbocycles. The molecule has 78 valence electrons. The highest BCUT2D eigenvalue weighted by molar-refractivity contribution is 14.1. The normalized spacial score (nSPS) is 10.6. The number of nitrogens with zero attached hydrogens (tertiary/aromatic N) is 1. The Morgan fingerprint density at radius 1 is 1.47 bits per heavy atom. The van der Waals surface area contributed by atoms with Crippen molar-refractivity contribution in [2.24, 2.45) is 5.73 Å². The maximum Gasteiger partial charge on any atom is 0.227 e. The Bertz CT molecular complexity index is 484. The van der Waals surface area contributed by atoms with Gasteiger partial charge in [-0.25, -0.2) is 4.98 Å². The van der Waals surface area contributed by atoms with Crippen molar-refractivity contribution >= 4 is 38.5 Å². The van der Waals surface area contributed by atoms with Gasteiger partial charge in [0.1, 0.15) is 6.26 Å². The van der Waals surface area contributed by atoms with E-state index in [1.165, 1.54) is 0 Å². The molecule has 0 saturated carbocycles. The molecule has 0 unspecified atom stereocenters. The molecule has 0 saturated heterocycles. The number of benzene rings is 1. The zero-order chi connectivity index (χ0) is 10.8. The van der Waals surface area contributed by atoms with Gasteiger partial charge in [0.2, 0.25) is 5.89 Å². The fourth-order valence-corrected chi connectivity index (χ4v) is 2.11. The van der Waals surface area contributed by atoms with E-state index in [0.29, 0.717) is 12.4 Å². The molecular formula is C10H8BrIN2O. The van der Waals surface area contributed by atoms with Gasteiger partial charge in [-0.3, -0.25) is 0 Å². The molecule has 0 aliphatic heterocycles. The van der Waals surface area contributed by atoms with Crippen LogP contribution < -0.4 is 5.73 Å². The lowest BCUT2D eigenvalue weighted by Crippen LogP contribution is -1.95. The van der Waals surface area contributed by atoms with Crippen molar-refractivity contribution in [3.05, 3.63) is 38.2 Å². The number of nitrogens with two attached hydrogens (primary N) is 1. The summed E-state index contributed by atoms with van der Waals surface area (Å²) in [4.78, 5) is 4.28. The molecule has 0 radical (unpaired) electrons. The van der Waals surface area contributed by atoms with E-state index in [9.17, 15) is 0 Å². The smallest absolute Gasteiger partial charge is 0.227 e. The Hall–Kier alpha value is -0.400. The molecule has 2 rings (SSSR count). The second-order valence-electron chi connectivity index (χ2n) is 2.97. The maximum absolute atomic E-state index is 5.48. The van der Waals surface area contributed by atoms with E-state index in [2.05, 4.69) is 43.5 Å². The number of halogens is 2. The summed E-state index contributed by atoms with van der Waals surface area (Å²) >= 11 is 5.67. The average Bonchev–Trinajstić information content (AvgIpc) is 2.70. The van der Waals surface area contributed by atoms with Crippen LogP contribution in [0.25, 0.3) is 11.5 Å². The van der Waals surface area contributed by atoms with Gasteiger partial charge in [0.15, 0.2) is 0 Å². The monoisotopic (exact) mass is 378 g/mol. The lowest BCUT2D eigenvalue weighted by atomic mass is 10.2. The van der Waals surface area contributed by atoms with Crippen LogP contribution in [-0.4, -0.2) is 4.98 Å². The largest absolute Gasteiger partial charge is 0.444 e. The zero-order valence-corrected chi connectivity index (χ0v) is 11.4. The van der Waals surface area contributed by atoms with Crippen LogP contribution in [0.3, 0.4) is 0 Å². The van der Waals surface area contributed by atoms with Gasteiger partial charge in [0.05, 0.1) is 11.3 Å². The van der Waals surface area contributed by atoms with E-state index >= 15 is 0 Å². The van der Waals surface area contributed by atoms with Crippen molar-refractivity contribution in [3.63, 3.8) is 0 Å². The first-order chi connectivity index (χ1) is 7.20. The Morgan fingerprint density at radius 3 is 2.93 bits per heavy atom. The first-order valence-electron chi connectivity index (χ1n) is 4.30. The molecule has 3 nitrogen and oxygen atoms in total. The van der Waals surface area contributed by atoms with E-state index in [1.54, 1.807) is 6.26 Å². The summed E-state index contributed by atoms with van der Waals surface area (Å²) in [5, 5.41) is 0. The summed E-state index contributed by atoms with van der Waals surface area (Å²) in [7, 11) is 0. The summed E-state index contributed by atoms with van der Waals surface area (Å²) in [5.74, 6) is 0.612. The highest BCUT2D eigenvalue weighted by atomic mass is 127. The van der Waals surface area contributed by atoms with Crippen LogP contribution in [0, 0.1) is 3.57 Å². The molecule has 15 heavy (non-hydrogen) atoms. The van der Waals surface area contributed by atoms with Gasteiger partial charge < -0.3 is 10.2 Å². The molecule has 2 aromatic rings. The standard InChI is InChI=1S/C10H8BrIN2O/c11-6-1-2-9(12)8(3-6)10-14-7(4-13)5-15-10/h1-3,5H,4,13H2. The number of oxazole rings is 1. The number of hydrogen-bond acceptors (Lipinski definition) is 3. The van der Waals surface area contributed by atoms with Gasteiger partial charge >= 0.3 is 0 Å². The summed E-state index contributed by atoms with van der Waals surface area (Å²) in [6.07, 6.45) is 1.59. The van der Waals surface area contributed by atoms with Crippen molar-refractivity contribution in [3.8, 4) is 11.5 Å². The van der Waals surface area contributed by atoms with Crippen LogP contribution in [0.2, 0.25) is 0 Å². The summed E-state index contributed by atoms with van der Waals surface area (Å²) < 4.78 is 7.46. The number of hydrogen-bond donors (Lipinski definition) is 1. The Labute approximate surface area is 109 Å². The fourth-order valence-electron chi connectivity index (χ4n) is 1.19. The third-order valence-electron chi connectivity index (χ3n) is 1.92. The second-order valence-corrected chi connectivity index (χ2v) is 5.05. The van der Waals surface area contributed by atoms with Gasteiger partial charge in [-0.1, -0.05) is 15.9 Å². The van der Waals surface area contributed by atoms with Crippen LogP contribution >= 0.6 is 38.5 Å². The van der Waals surface area contributed by atoms with Crippen LogP contribution in [0.15, 0.2) is 33.4 Å². The second kappa shape index (κ2) is 4.63. The van der Waals surface area contributed by atoms with Crippen LogP contribution in [0.4, 0.5) is 0 Å². The minimum absolute atomic E-state index is 0.397. The Balaban J connectivity index is 2.48. The molecule has 0 bridgehead atoms. The molecule has 0 fully saturated rings. The zero-order valence-electron chi connectivity index (χ0n) is 7.71. The molecule has 0 aliphatic rings. The molecule has 0 amide bonds. The number of rotatable bonds is 2. The molecule has 1 aromatic heterocycles. The highest BCUT2D eigenvalue weighted by Gasteiger charge is 2.09. The van der Waals surface area contributed by atoms with Crippen LogP contribution in [0.5, 0.6) is 0 Å². The highest BCUT2D eigenvalue weighted by Crippen LogP contribution is 2.27. The first kappa shape index (κ1) is 11.1. The van der Waals surface area contributed by atoms with E-state index < -0.39 is 0 Å². The topological polar surface area (TPSA) is 52.0 Å². The van der Waals surface area contributed by atoms with Gasteiger partial charge in [0, 0.05) is 14.6 Å². The van der Waals surface area contributed by atoms with E-state index in [4.69, 9.17) is 10.2 Å². The van der Waals surface area contributed by atoms with Crippen LogP contribution in [-0.2, 0) is 6.54 Å². The Morgan fingerprint density at radius 2 is 2.27 bits per heavy atom. The lowest BCUT2D eigenvalue weighted by molar-refractivity contribution is 0.572. The lowest BCUT2D eigenvalue weighted by Gasteiger charge is -1.99. The summed E-state index contributed by atoms with van der Waals surface area (Å²) in [5.41, 5.74) is 7.22. The fraction of sp³-hybridized carbons (Fsp3) is 0.100. The van der Waals surface area contributed by atoms with Gasteiger partial charge in [0.25, 0.3) is 0 Å². The Kier molecular flexibility index (Phi) is 3.42. The molecule has 1 aromatic carbocycles. The van der Waals surface area contributed by atoms with Crippen molar-refractivity contribution in [2.45, 2.75) is 6.54 Å². The summed E-state index contributed by atoms with van der Waals surface area (Å²) in [6, 6.07) is 5.97. The SMILES string of the molecule is NCc1coc(-c2cc(Br)ccc2I)n1. The first-order valence-corrected chi connectivity index (χ1v) is 6.18. The summed E-state index contributed by atoms with van der Waals surface area (Å²) in [6.45, 7) is 0.397. The quantitative estimate of drug-likeness (QED) is 0.816. The van der Waals surface area contributed by atoms with Gasteiger partial charge in [-0.2, -0.15) is 0 Å². The molecule has 5 heteroatoms. The average molecular weight is 379 g/mol. The maximum atomic E-state index is 5.48. The minimum atomic E-state index is 0.397. The van der Waals surface area contributed by atoms with Gasteiger partial charge in [-0.05, 0) is 40.8 Å². The number of aromatic nitrogens is 1. The van der Waals surface area contributed by atoms with E-state index in [-0.39, 0.29) is 0 Å². The van der Waals surface area contributed by atoms with Crippen molar-refractivity contribution < 1.29 is 4.42 Å². The van der Waals surface area contributed by atoms with E-state index in [0.717, 1.165) is 19.3 Å². The molecule has 1 heterocycles. The van der Waals surface area contributed by atoms with Crippen molar-refractivity contribution in [2.75, 3.05) is 0 Å². The predicted molar refractivity (Wildman–Crippen MR) is 70.2 cm³/mol. The van der Waals surface area contributed by atoms with Crippen molar-refractivity contribution in [1.29, 1.82) is 0 Å². The molecule has 0 spiro atoms. The van der Waals surface area contributed by atoms with Crippen molar-refractivity contribution in [1.82, 2.24) is 4.98 Å². The van der Waals surface area contributed by atoms with Gasteiger partial charge in [-0.15, -0.1) is 0 Å². The predicted octanol–water partition coefficient (Wildman–Crippen LogP) is 3.17. The minimum Gasteiger partial charge on any atom is -0.444 e.